The first-order chi connectivity index (χ1) is 59.7. The highest BCUT2D eigenvalue weighted by Gasteiger charge is 2.45. The smallest absolute Gasteiger partial charge is 0.0737 e. The first kappa shape index (κ1) is 81.0. The van der Waals surface area contributed by atoms with E-state index in [0.29, 0.717) is 5.52 Å². The zero-order chi connectivity index (χ0) is 82.1. The number of nitrogens with one attached hydrogen (secondary N) is 2. The summed E-state index contributed by atoms with van der Waals surface area (Å²) in [6.45, 7) is 9.32. The van der Waals surface area contributed by atoms with E-state index in [9.17, 15) is 5.11 Å². The van der Waals surface area contributed by atoms with Gasteiger partial charge in [0.1, 0.15) is 0 Å². The summed E-state index contributed by atoms with van der Waals surface area (Å²) in [5, 5.41) is 14.2. The van der Waals surface area contributed by atoms with Gasteiger partial charge in [-0.15, -0.1) is 22.7 Å². The highest BCUT2D eigenvalue weighted by Crippen LogP contribution is 2.59. The van der Waals surface area contributed by atoms with Crippen molar-refractivity contribution in [2.24, 2.45) is 0 Å². The largest absolute Gasteiger partial charge is 0.871 e. The molecule has 18 rings (SSSR count). The molecule has 2 aliphatic carbocycles. The van der Waals surface area contributed by atoms with Crippen LogP contribution in [-0.4, -0.2) is 24.9 Å². The fourth-order valence-corrected chi connectivity index (χ4v) is 22.8. The van der Waals surface area contributed by atoms with Gasteiger partial charge < -0.3 is 15.1 Å². The van der Waals surface area contributed by atoms with Gasteiger partial charge in [0.15, 0.2) is 0 Å². The normalized spacial score (nSPS) is 13.3. The molecule has 610 valence electrons. The number of unbranched alkanes of at least 4 members (excludes halogenated alkanes) is 20. The van der Waals surface area contributed by atoms with Gasteiger partial charge in [-0.25, -0.2) is 9.97 Å². The number of pyridine rings is 1. The Labute approximate surface area is 725 Å². The van der Waals surface area contributed by atoms with Crippen molar-refractivity contribution in [2.45, 2.75) is 218 Å². The monoisotopic (exact) mass is 1620 g/mol. The van der Waals surface area contributed by atoms with Gasteiger partial charge in [0.25, 0.3) is 0 Å². The van der Waals surface area contributed by atoms with Crippen molar-refractivity contribution < 1.29 is 5.11 Å². The van der Waals surface area contributed by atoms with E-state index in [2.05, 4.69) is 285 Å². The van der Waals surface area contributed by atoms with Gasteiger partial charge in [-0.1, -0.05) is 345 Å². The quantitative estimate of drug-likeness (QED) is 0.0383. The van der Waals surface area contributed by atoms with Gasteiger partial charge in [-0.3, -0.25) is 4.98 Å². The van der Waals surface area contributed by atoms with Crippen molar-refractivity contribution in [3.8, 4) is 114 Å². The summed E-state index contributed by atoms with van der Waals surface area (Å²) in [7, 11) is 0. The lowest BCUT2D eigenvalue weighted by molar-refractivity contribution is -0.266. The molecular formula is C113H114N5OS2-. The Hall–Kier alpha value is -11.0. The van der Waals surface area contributed by atoms with Gasteiger partial charge in [0, 0.05) is 86.2 Å². The molecule has 2 aliphatic heterocycles. The van der Waals surface area contributed by atoms with Crippen LogP contribution in [0.3, 0.4) is 0 Å². The van der Waals surface area contributed by atoms with E-state index in [1.165, 1.54) is 235 Å². The number of H-pyrrole nitrogens is 2. The van der Waals surface area contributed by atoms with Crippen LogP contribution in [0.25, 0.3) is 166 Å². The molecule has 14 aromatic rings. The molecule has 0 atom stereocenters. The second kappa shape index (κ2) is 37.1. The molecule has 0 saturated heterocycles. The first-order valence-electron chi connectivity index (χ1n) is 45.9. The summed E-state index contributed by atoms with van der Waals surface area (Å²) in [5.41, 5.74) is 32.8. The number of hydrogen-bond acceptors (Lipinski definition) is 6. The Kier molecular flexibility index (Phi) is 24.9. The second-order valence-corrected chi connectivity index (χ2v) is 36.9. The van der Waals surface area contributed by atoms with E-state index >= 15 is 0 Å². The van der Waals surface area contributed by atoms with Crippen LogP contribution >= 0.6 is 22.7 Å². The molecule has 4 aliphatic rings. The highest BCUT2D eigenvalue weighted by molar-refractivity contribution is 7.25. The second-order valence-electron chi connectivity index (χ2n) is 34.7. The zero-order valence-electron chi connectivity index (χ0n) is 71.3. The fourth-order valence-electron chi connectivity index (χ4n) is 20.7. The van der Waals surface area contributed by atoms with Crippen molar-refractivity contribution in [3.05, 3.63) is 288 Å². The molecule has 2 N–H and O–H groups in total. The summed E-state index contributed by atoms with van der Waals surface area (Å²) < 4.78 is 0. The van der Waals surface area contributed by atoms with E-state index < -0.39 is 0 Å². The Bertz CT molecular complexity index is 6200. The van der Waals surface area contributed by atoms with Crippen LogP contribution in [-0.2, 0) is 10.8 Å². The molecular weight excluding hydrogens is 1510 g/mol. The molecule has 8 bridgehead atoms. The minimum Gasteiger partial charge on any atom is -0.871 e. The van der Waals surface area contributed by atoms with Crippen LogP contribution in [0.15, 0.2) is 243 Å². The number of fused-ring (bicyclic) bond motifs is 15. The van der Waals surface area contributed by atoms with Gasteiger partial charge in [-0.05, 0) is 218 Å². The molecule has 0 unspecified atom stereocenters. The average Bonchev–Trinajstić information content (AvgIpc) is 1.56. The van der Waals surface area contributed by atoms with Crippen molar-refractivity contribution in [3.63, 3.8) is 0 Å². The minimum absolute atomic E-state index is 0.0246. The number of aromatic nitrogens is 5. The number of benzene rings is 8. The number of hydrogen-bond donors (Lipinski definition) is 2. The third kappa shape index (κ3) is 16.5. The van der Waals surface area contributed by atoms with Crippen LogP contribution in [0, 0.1) is 0 Å². The lowest BCUT2D eigenvalue weighted by Crippen LogP contribution is -2.25. The third-order valence-electron chi connectivity index (χ3n) is 26.8. The molecule has 8 aromatic carbocycles. The molecule has 6 aromatic heterocycles. The summed E-state index contributed by atoms with van der Waals surface area (Å²) in [5.74, 6) is -0.0246. The van der Waals surface area contributed by atoms with E-state index in [-0.39, 0.29) is 16.6 Å². The zero-order valence-corrected chi connectivity index (χ0v) is 72.9. The van der Waals surface area contributed by atoms with Gasteiger partial charge in [-0.2, -0.15) is 0 Å². The topological polar surface area (TPSA) is 93.3 Å². The maximum atomic E-state index is 13.3. The van der Waals surface area contributed by atoms with Crippen molar-refractivity contribution in [2.75, 3.05) is 0 Å². The molecule has 121 heavy (non-hydrogen) atoms. The van der Waals surface area contributed by atoms with Crippen molar-refractivity contribution in [1.29, 1.82) is 0 Å². The molecule has 0 radical (unpaired) electrons. The lowest BCUT2D eigenvalue weighted by Gasteiger charge is -2.33. The van der Waals surface area contributed by atoms with Crippen molar-refractivity contribution >= 4 is 79.9 Å². The SMILES string of the molecule is CCCCCCCCC1(CCCCCCCC)c2cc(-c3ccc(-c4ccc(-c5ccc6c(c5)C(CCCCCCCC)(CCCCCCCC)c5cc(-c7ccc([O-])c8ncccc78)ccc5-6)s4)s3)ccc2-c2ccc(-c3c4nc(c(-c5ccccc5)c5ccc([nH]5)c(-c5ccccc5)c5nc(c(-c6ccccc6)c6ccc3[nH]6)C=C5)C=C4)cc21. The fraction of sp³-hybridized carbons (Fsp3) is 0.301. The molecule has 8 heteroatoms. The maximum Gasteiger partial charge on any atom is 0.0737 e. The predicted molar refractivity (Wildman–Crippen MR) is 517 cm³/mol. The first-order valence-corrected chi connectivity index (χ1v) is 47.5. The summed E-state index contributed by atoms with van der Waals surface area (Å²) in [6, 6.07) is 88.7. The number of thiophene rings is 2. The number of nitrogens with zero attached hydrogens (tertiary/aromatic N) is 3. The van der Waals surface area contributed by atoms with E-state index in [1.807, 2.05) is 34.8 Å². The Morgan fingerprint density at radius 3 is 0.975 bits per heavy atom. The lowest BCUT2D eigenvalue weighted by atomic mass is 9.70. The highest BCUT2D eigenvalue weighted by atomic mass is 32.1. The predicted octanol–water partition coefficient (Wildman–Crippen LogP) is 33.3. The van der Waals surface area contributed by atoms with Crippen LogP contribution < -0.4 is 5.11 Å². The minimum atomic E-state index is -0.221. The molecule has 0 spiro atoms. The van der Waals surface area contributed by atoms with Gasteiger partial charge >= 0.3 is 0 Å². The number of aromatic amines is 2. The summed E-state index contributed by atoms with van der Waals surface area (Å²) in [4.78, 5) is 29.4. The molecule has 8 heterocycles. The average molecular weight is 1620 g/mol. The van der Waals surface area contributed by atoms with Crippen LogP contribution in [0.5, 0.6) is 5.75 Å². The van der Waals surface area contributed by atoms with E-state index in [4.69, 9.17) is 9.97 Å². The van der Waals surface area contributed by atoms with Crippen LogP contribution in [0.4, 0.5) is 0 Å². The summed E-state index contributed by atoms with van der Waals surface area (Å²) >= 11 is 3.90. The Balaban J connectivity index is 0.739. The number of rotatable bonds is 36. The third-order valence-corrected chi connectivity index (χ3v) is 29.3. The summed E-state index contributed by atoms with van der Waals surface area (Å²) in [6.07, 6.45) is 45.2. The maximum absolute atomic E-state index is 13.3. The van der Waals surface area contributed by atoms with Crippen LogP contribution in [0.1, 0.15) is 253 Å². The molecule has 0 fully saturated rings. The molecule has 6 nitrogen and oxygen atoms in total. The van der Waals surface area contributed by atoms with E-state index in [1.54, 1.807) is 12.3 Å². The standard InChI is InChI=1S/C113H115N5OS2/c1-5-9-13-17-21-34-68-112(69-35-22-18-14-10-6-2)90-73-80(84-54-63-102(119)111-89(84)45-38-72-114-111)46-50-85(90)86-51-47-81(74-91(86)112)103-64-66-105(120-103)106-67-65-104(121-106)82-48-52-87-88-53-49-83(76-93(88)113(92(87)75-82,70-36-23-19-15-11-7-3)71-37-24-20-16-12-8-4)110-100-61-59-98(117-100)108(78-41-30-26-31-42-78)96-57-55-94(115-96)107(77-39-28-25-29-40-77)95-56-58-97(116-95)109(79-43-32-27-33-44-79)99-60-62-101(110)118-99/h25-33,38-67,72-76,115,118-119H,5-24,34-37,68-71H2,1-4H3/p-1. The van der Waals surface area contributed by atoms with Gasteiger partial charge in [0.2, 0.25) is 0 Å². The Morgan fingerprint density at radius 2 is 0.595 bits per heavy atom. The molecule has 0 saturated carbocycles. The van der Waals surface area contributed by atoms with E-state index in [0.717, 1.165) is 126 Å². The van der Waals surface area contributed by atoms with Crippen molar-refractivity contribution in [1.82, 2.24) is 24.9 Å². The van der Waals surface area contributed by atoms with Crippen LogP contribution in [0.2, 0.25) is 0 Å². The van der Waals surface area contributed by atoms with Gasteiger partial charge in [0.05, 0.1) is 28.3 Å². The Morgan fingerprint density at radius 1 is 0.281 bits per heavy atom. The molecule has 0 amide bonds.